The second kappa shape index (κ2) is 9.87. The van der Waals surface area contributed by atoms with E-state index in [0.29, 0.717) is 12.6 Å². The largest absolute Gasteiger partial charge is 0.395 e. The van der Waals surface area contributed by atoms with Gasteiger partial charge in [0.1, 0.15) is 5.82 Å². The van der Waals surface area contributed by atoms with Gasteiger partial charge in [0, 0.05) is 25.2 Å². The predicted octanol–water partition coefficient (Wildman–Crippen LogP) is 2.96. The molecule has 0 amide bonds. The molecular weight excluding hydrogens is 267 g/mol. The van der Waals surface area contributed by atoms with E-state index >= 15 is 0 Å². The molecule has 0 aliphatic heterocycles. The van der Waals surface area contributed by atoms with E-state index < -0.39 is 0 Å². The Kier molecular flexibility index (Phi) is 8.50. The zero-order valence-corrected chi connectivity index (χ0v) is 13.5. The lowest BCUT2D eigenvalue weighted by molar-refractivity contribution is 0.138. The minimum atomic E-state index is -0.201. The molecular formula is C17H29FN2O. The smallest absolute Gasteiger partial charge is 0.123 e. The average Bonchev–Trinajstić information content (AvgIpc) is 2.50. The van der Waals surface area contributed by atoms with Gasteiger partial charge in [-0.2, -0.15) is 0 Å². The molecule has 0 aliphatic carbocycles. The summed E-state index contributed by atoms with van der Waals surface area (Å²) in [6.07, 6.45) is 3.13. The van der Waals surface area contributed by atoms with E-state index in [0.717, 1.165) is 31.4 Å². The van der Waals surface area contributed by atoms with Crippen LogP contribution in [0.2, 0.25) is 0 Å². The van der Waals surface area contributed by atoms with Gasteiger partial charge in [-0.15, -0.1) is 0 Å². The van der Waals surface area contributed by atoms with E-state index in [9.17, 15) is 9.50 Å². The fourth-order valence-corrected chi connectivity index (χ4v) is 2.88. The summed E-state index contributed by atoms with van der Waals surface area (Å²) in [7, 11) is 1.93. The molecule has 1 rings (SSSR count). The van der Waals surface area contributed by atoms with Crippen LogP contribution in [0.1, 0.15) is 44.7 Å². The first kappa shape index (κ1) is 18.1. The molecule has 0 radical (unpaired) electrons. The molecule has 2 N–H and O–H groups in total. The fraction of sp³-hybridized carbons (Fsp3) is 0.647. The first-order chi connectivity index (χ1) is 10.2. The number of halogens is 1. The Morgan fingerprint density at radius 1 is 1.14 bits per heavy atom. The van der Waals surface area contributed by atoms with Crippen LogP contribution in [0, 0.1) is 5.82 Å². The van der Waals surface area contributed by atoms with E-state index in [1.807, 2.05) is 19.2 Å². The Morgan fingerprint density at radius 2 is 1.76 bits per heavy atom. The first-order valence-corrected chi connectivity index (χ1v) is 7.93. The van der Waals surface area contributed by atoms with Gasteiger partial charge in [-0.3, -0.25) is 4.90 Å². The number of aliphatic hydroxyl groups excluding tert-OH is 1. The third-order valence-electron chi connectivity index (χ3n) is 4.17. The number of nitrogens with zero attached hydrogens (tertiary/aromatic N) is 1. The van der Waals surface area contributed by atoms with Crippen molar-refractivity contribution >= 4 is 0 Å². The maximum atomic E-state index is 13.0. The van der Waals surface area contributed by atoms with Gasteiger partial charge in [0.25, 0.3) is 0 Å². The Bertz CT molecular complexity index is 379. The van der Waals surface area contributed by atoms with Crippen molar-refractivity contribution in [1.82, 2.24) is 10.2 Å². The minimum absolute atomic E-state index is 0.192. The summed E-state index contributed by atoms with van der Waals surface area (Å²) in [5.74, 6) is -0.201. The lowest BCUT2D eigenvalue weighted by atomic mass is 10.0. The SMILES string of the molecule is CCC(CC)N(CCO)CCC(NC)c1ccc(F)cc1. The molecule has 0 aliphatic rings. The number of benzene rings is 1. The molecule has 0 heterocycles. The maximum absolute atomic E-state index is 13.0. The molecule has 0 fully saturated rings. The van der Waals surface area contributed by atoms with E-state index in [4.69, 9.17) is 0 Å². The van der Waals surface area contributed by atoms with Crippen LogP contribution < -0.4 is 5.32 Å². The average molecular weight is 296 g/mol. The quantitative estimate of drug-likeness (QED) is 0.697. The fourth-order valence-electron chi connectivity index (χ4n) is 2.88. The van der Waals surface area contributed by atoms with E-state index in [1.54, 1.807) is 0 Å². The van der Waals surface area contributed by atoms with Crippen LogP contribution in [-0.2, 0) is 0 Å². The van der Waals surface area contributed by atoms with Gasteiger partial charge < -0.3 is 10.4 Å². The highest BCUT2D eigenvalue weighted by atomic mass is 19.1. The highest BCUT2D eigenvalue weighted by Crippen LogP contribution is 2.19. The van der Waals surface area contributed by atoms with Gasteiger partial charge in [-0.1, -0.05) is 26.0 Å². The standard InChI is InChI=1S/C17H29FN2O/c1-4-16(5-2)20(12-13-21)11-10-17(19-3)14-6-8-15(18)9-7-14/h6-9,16-17,19,21H,4-5,10-13H2,1-3H3. The van der Waals surface area contributed by atoms with Gasteiger partial charge in [0.05, 0.1) is 6.61 Å². The zero-order valence-electron chi connectivity index (χ0n) is 13.5. The molecule has 0 saturated carbocycles. The maximum Gasteiger partial charge on any atom is 0.123 e. The Morgan fingerprint density at radius 3 is 2.24 bits per heavy atom. The summed E-state index contributed by atoms with van der Waals surface area (Å²) in [4.78, 5) is 2.36. The molecule has 0 saturated heterocycles. The van der Waals surface area contributed by atoms with Crippen LogP contribution >= 0.6 is 0 Å². The van der Waals surface area contributed by atoms with Gasteiger partial charge in [0.15, 0.2) is 0 Å². The summed E-state index contributed by atoms with van der Waals surface area (Å²) in [5, 5.41) is 12.5. The second-order valence-corrected chi connectivity index (χ2v) is 5.41. The molecule has 3 nitrogen and oxygen atoms in total. The van der Waals surface area contributed by atoms with Crippen LogP contribution in [-0.4, -0.2) is 42.8 Å². The van der Waals surface area contributed by atoms with Crippen molar-refractivity contribution < 1.29 is 9.50 Å². The number of hydrogen-bond acceptors (Lipinski definition) is 3. The molecule has 1 aromatic rings. The summed E-state index contributed by atoms with van der Waals surface area (Å²) < 4.78 is 13.0. The number of rotatable bonds is 10. The normalized spacial score (nSPS) is 13.1. The summed E-state index contributed by atoms with van der Waals surface area (Å²) in [6, 6.07) is 7.41. The van der Waals surface area contributed by atoms with Crippen molar-refractivity contribution in [2.24, 2.45) is 0 Å². The lowest BCUT2D eigenvalue weighted by Gasteiger charge is -2.31. The zero-order chi connectivity index (χ0) is 15.7. The Hall–Kier alpha value is -0.970. The molecule has 120 valence electrons. The van der Waals surface area contributed by atoms with E-state index in [2.05, 4.69) is 24.1 Å². The molecule has 4 heteroatoms. The summed E-state index contributed by atoms with van der Waals surface area (Å²) in [5.41, 5.74) is 1.10. The second-order valence-electron chi connectivity index (χ2n) is 5.41. The number of aliphatic hydroxyl groups is 1. The van der Waals surface area contributed by atoms with E-state index in [1.165, 1.54) is 12.1 Å². The molecule has 0 bridgehead atoms. The van der Waals surface area contributed by atoms with Crippen LogP contribution in [0.5, 0.6) is 0 Å². The monoisotopic (exact) mass is 296 g/mol. The molecule has 1 unspecified atom stereocenters. The van der Waals surface area contributed by atoms with Crippen LogP contribution in [0.4, 0.5) is 4.39 Å². The van der Waals surface area contributed by atoms with Crippen LogP contribution in [0.25, 0.3) is 0 Å². The Balaban J connectivity index is 2.64. The first-order valence-electron chi connectivity index (χ1n) is 7.93. The van der Waals surface area contributed by atoms with Gasteiger partial charge in [0.2, 0.25) is 0 Å². The van der Waals surface area contributed by atoms with Crippen molar-refractivity contribution in [3.05, 3.63) is 35.6 Å². The number of hydrogen-bond donors (Lipinski definition) is 2. The summed E-state index contributed by atoms with van der Waals surface area (Å²) in [6.45, 7) is 6.21. The highest BCUT2D eigenvalue weighted by Gasteiger charge is 2.17. The van der Waals surface area contributed by atoms with Crippen molar-refractivity contribution in [1.29, 1.82) is 0 Å². The van der Waals surface area contributed by atoms with Crippen molar-refractivity contribution in [2.75, 3.05) is 26.7 Å². The molecule has 21 heavy (non-hydrogen) atoms. The molecule has 0 aromatic heterocycles. The Labute approximate surface area is 128 Å². The third kappa shape index (κ3) is 5.73. The summed E-state index contributed by atoms with van der Waals surface area (Å²) >= 11 is 0. The number of nitrogens with one attached hydrogen (secondary N) is 1. The minimum Gasteiger partial charge on any atom is -0.395 e. The van der Waals surface area contributed by atoms with Gasteiger partial charge in [-0.05, 0) is 44.0 Å². The molecule has 0 spiro atoms. The van der Waals surface area contributed by atoms with Crippen LogP contribution in [0.15, 0.2) is 24.3 Å². The van der Waals surface area contributed by atoms with Crippen LogP contribution in [0.3, 0.4) is 0 Å². The molecule has 1 aromatic carbocycles. The topological polar surface area (TPSA) is 35.5 Å². The molecule has 1 atom stereocenters. The lowest BCUT2D eigenvalue weighted by Crippen LogP contribution is -2.38. The van der Waals surface area contributed by atoms with E-state index in [-0.39, 0.29) is 18.5 Å². The predicted molar refractivity (Wildman–Crippen MR) is 85.8 cm³/mol. The van der Waals surface area contributed by atoms with Gasteiger partial charge in [-0.25, -0.2) is 4.39 Å². The van der Waals surface area contributed by atoms with Gasteiger partial charge >= 0.3 is 0 Å². The van der Waals surface area contributed by atoms with Crippen molar-refractivity contribution in [2.45, 2.75) is 45.2 Å². The van der Waals surface area contributed by atoms with Crippen molar-refractivity contribution in [3.8, 4) is 0 Å². The third-order valence-corrected chi connectivity index (χ3v) is 4.17. The van der Waals surface area contributed by atoms with Crippen molar-refractivity contribution in [3.63, 3.8) is 0 Å². The highest BCUT2D eigenvalue weighted by molar-refractivity contribution is 5.19.